The first-order valence-corrected chi connectivity index (χ1v) is 12.3. The SMILES string of the molecule is C/C=C/CCc1ccc(-c2ccc(/C=C/c3ccc(CC(C)c4ccccc4)cc3)cc2)cc1. The van der Waals surface area contributed by atoms with Gasteiger partial charge in [0.25, 0.3) is 0 Å². The van der Waals surface area contributed by atoms with Crippen molar-refractivity contribution in [2.45, 2.75) is 39.0 Å². The van der Waals surface area contributed by atoms with Crippen LogP contribution in [0.15, 0.2) is 115 Å². The van der Waals surface area contributed by atoms with Crippen LogP contribution in [0.2, 0.25) is 0 Å². The molecule has 170 valence electrons. The molecule has 0 nitrogen and oxygen atoms in total. The molecule has 0 fully saturated rings. The first-order chi connectivity index (χ1) is 16.7. The normalized spacial score (nSPS) is 12.4. The molecule has 0 heterocycles. The van der Waals surface area contributed by atoms with E-state index in [2.05, 4.69) is 141 Å². The molecule has 0 aromatic heterocycles. The van der Waals surface area contributed by atoms with Crippen molar-refractivity contribution in [1.29, 1.82) is 0 Å². The molecule has 4 aromatic carbocycles. The highest BCUT2D eigenvalue weighted by Gasteiger charge is 2.06. The van der Waals surface area contributed by atoms with E-state index in [9.17, 15) is 0 Å². The van der Waals surface area contributed by atoms with E-state index in [1.807, 2.05) is 0 Å². The predicted octanol–water partition coefficient (Wildman–Crippen LogP) is 9.38. The molecule has 34 heavy (non-hydrogen) atoms. The monoisotopic (exact) mass is 442 g/mol. The highest BCUT2D eigenvalue weighted by atomic mass is 14.1. The van der Waals surface area contributed by atoms with Crippen LogP contribution in [0.1, 0.15) is 54.0 Å². The van der Waals surface area contributed by atoms with Gasteiger partial charge in [-0.2, -0.15) is 0 Å². The van der Waals surface area contributed by atoms with Crippen molar-refractivity contribution >= 4 is 12.2 Å². The Morgan fingerprint density at radius 2 is 1.15 bits per heavy atom. The van der Waals surface area contributed by atoms with Crippen molar-refractivity contribution in [2.24, 2.45) is 0 Å². The first-order valence-electron chi connectivity index (χ1n) is 12.3. The Balaban J connectivity index is 1.34. The van der Waals surface area contributed by atoms with Gasteiger partial charge in [-0.1, -0.05) is 134 Å². The number of allylic oxidation sites excluding steroid dienone is 2. The molecule has 1 atom stereocenters. The second-order valence-electron chi connectivity index (χ2n) is 9.02. The van der Waals surface area contributed by atoms with E-state index >= 15 is 0 Å². The van der Waals surface area contributed by atoms with Gasteiger partial charge >= 0.3 is 0 Å². The van der Waals surface area contributed by atoms with Gasteiger partial charge in [0.1, 0.15) is 0 Å². The Labute approximate surface area is 205 Å². The molecule has 0 N–H and O–H groups in total. The molecule has 1 unspecified atom stereocenters. The molecule has 0 aliphatic carbocycles. The zero-order valence-corrected chi connectivity index (χ0v) is 20.3. The molecular formula is C34H34. The number of rotatable bonds is 9. The predicted molar refractivity (Wildman–Crippen MR) is 149 cm³/mol. The van der Waals surface area contributed by atoms with Crippen LogP contribution in [0.25, 0.3) is 23.3 Å². The summed E-state index contributed by atoms with van der Waals surface area (Å²) < 4.78 is 0. The van der Waals surface area contributed by atoms with Gasteiger partial charge in [-0.05, 0) is 71.0 Å². The largest absolute Gasteiger partial charge is 0.0917 e. The lowest BCUT2D eigenvalue weighted by Gasteiger charge is -2.12. The summed E-state index contributed by atoms with van der Waals surface area (Å²) in [7, 11) is 0. The average Bonchev–Trinajstić information content (AvgIpc) is 2.90. The number of benzene rings is 4. The van der Waals surface area contributed by atoms with Gasteiger partial charge in [-0.3, -0.25) is 0 Å². The van der Waals surface area contributed by atoms with E-state index in [-0.39, 0.29) is 0 Å². The van der Waals surface area contributed by atoms with Gasteiger partial charge in [-0.15, -0.1) is 0 Å². The minimum absolute atomic E-state index is 0.524. The Morgan fingerprint density at radius 3 is 1.74 bits per heavy atom. The van der Waals surface area contributed by atoms with Crippen LogP contribution < -0.4 is 0 Å². The Bertz CT molecular complexity index is 1190. The van der Waals surface area contributed by atoms with E-state index in [1.54, 1.807) is 0 Å². The third-order valence-electron chi connectivity index (χ3n) is 6.39. The van der Waals surface area contributed by atoms with Crippen LogP contribution in [0.5, 0.6) is 0 Å². The van der Waals surface area contributed by atoms with Gasteiger partial charge in [-0.25, -0.2) is 0 Å². The summed E-state index contributed by atoms with van der Waals surface area (Å²) in [5.74, 6) is 0.524. The van der Waals surface area contributed by atoms with Crippen LogP contribution in [0.3, 0.4) is 0 Å². The van der Waals surface area contributed by atoms with Crippen molar-refractivity contribution in [2.75, 3.05) is 0 Å². The topological polar surface area (TPSA) is 0 Å². The van der Waals surface area contributed by atoms with E-state index in [4.69, 9.17) is 0 Å². The van der Waals surface area contributed by atoms with E-state index < -0.39 is 0 Å². The van der Waals surface area contributed by atoms with Gasteiger partial charge in [0.2, 0.25) is 0 Å². The van der Waals surface area contributed by atoms with Gasteiger partial charge in [0.05, 0.1) is 0 Å². The lowest BCUT2D eigenvalue weighted by molar-refractivity contribution is 0.759. The minimum Gasteiger partial charge on any atom is -0.0917 e. The lowest BCUT2D eigenvalue weighted by atomic mass is 9.93. The molecule has 4 aromatic rings. The summed E-state index contributed by atoms with van der Waals surface area (Å²) in [5, 5.41) is 0. The van der Waals surface area contributed by atoms with Gasteiger partial charge in [0.15, 0.2) is 0 Å². The molecular weight excluding hydrogens is 408 g/mol. The molecule has 0 radical (unpaired) electrons. The third kappa shape index (κ3) is 6.68. The molecule has 0 amide bonds. The second-order valence-corrected chi connectivity index (χ2v) is 9.02. The minimum atomic E-state index is 0.524. The number of hydrogen-bond acceptors (Lipinski definition) is 0. The molecule has 0 aliphatic heterocycles. The van der Waals surface area contributed by atoms with E-state index in [1.165, 1.54) is 38.9 Å². The molecule has 0 saturated carbocycles. The summed E-state index contributed by atoms with van der Waals surface area (Å²) in [4.78, 5) is 0. The van der Waals surface area contributed by atoms with Crippen molar-refractivity contribution in [3.8, 4) is 11.1 Å². The summed E-state index contributed by atoms with van der Waals surface area (Å²) in [6.45, 7) is 4.37. The smallest absolute Gasteiger partial charge is 0.0150 e. The Kier molecular flexibility index (Phi) is 8.30. The zero-order chi connectivity index (χ0) is 23.6. The Hall–Kier alpha value is -3.64. The fourth-order valence-corrected chi connectivity index (χ4v) is 4.28. The van der Waals surface area contributed by atoms with Crippen molar-refractivity contribution in [1.82, 2.24) is 0 Å². The fourth-order valence-electron chi connectivity index (χ4n) is 4.28. The van der Waals surface area contributed by atoms with Crippen molar-refractivity contribution in [3.63, 3.8) is 0 Å². The van der Waals surface area contributed by atoms with Crippen LogP contribution in [0, 0.1) is 0 Å². The average molecular weight is 443 g/mol. The van der Waals surface area contributed by atoms with Crippen LogP contribution in [-0.4, -0.2) is 0 Å². The summed E-state index contributed by atoms with van der Waals surface area (Å²) in [6, 6.07) is 37.5. The first kappa shape index (κ1) is 23.5. The van der Waals surface area contributed by atoms with Crippen molar-refractivity contribution in [3.05, 3.63) is 143 Å². The number of hydrogen-bond donors (Lipinski definition) is 0. The number of aryl methyl sites for hydroxylation is 1. The molecule has 0 heteroatoms. The highest BCUT2D eigenvalue weighted by molar-refractivity contribution is 5.72. The summed E-state index contributed by atoms with van der Waals surface area (Å²) in [5.41, 5.74) is 9.14. The van der Waals surface area contributed by atoms with Crippen LogP contribution >= 0.6 is 0 Å². The van der Waals surface area contributed by atoms with E-state index in [0.29, 0.717) is 5.92 Å². The standard InChI is InChI=1S/C34H34/c1-3-4-6-9-28-18-22-33(23-19-28)34-24-20-30(21-25-34)13-12-29-14-16-31(17-15-29)26-27(2)32-10-7-5-8-11-32/h3-5,7-8,10-25,27H,6,9,26H2,1-2H3/b4-3+,13-12+. The van der Waals surface area contributed by atoms with Crippen LogP contribution in [-0.2, 0) is 12.8 Å². The molecule has 0 aliphatic rings. The zero-order valence-electron chi connectivity index (χ0n) is 20.3. The van der Waals surface area contributed by atoms with Crippen LogP contribution in [0.4, 0.5) is 0 Å². The molecule has 0 spiro atoms. The maximum atomic E-state index is 2.30. The van der Waals surface area contributed by atoms with E-state index in [0.717, 1.165) is 19.3 Å². The maximum absolute atomic E-state index is 2.30. The maximum Gasteiger partial charge on any atom is -0.0150 e. The quantitative estimate of drug-likeness (QED) is 0.179. The Morgan fingerprint density at radius 1 is 0.618 bits per heavy atom. The van der Waals surface area contributed by atoms with Gasteiger partial charge in [0, 0.05) is 0 Å². The van der Waals surface area contributed by atoms with Crippen molar-refractivity contribution < 1.29 is 0 Å². The highest BCUT2D eigenvalue weighted by Crippen LogP contribution is 2.23. The molecule has 4 rings (SSSR count). The third-order valence-corrected chi connectivity index (χ3v) is 6.39. The lowest BCUT2D eigenvalue weighted by Crippen LogP contribution is -1.98. The molecule has 0 saturated heterocycles. The second kappa shape index (κ2) is 12.0. The van der Waals surface area contributed by atoms with Gasteiger partial charge < -0.3 is 0 Å². The fraction of sp³-hybridized carbons (Fsp3) is 0.176. The summed E-state index contributed by atoms with van der Waals surface area (Å²) >= 11 is 0. The summed E-state index contributed by atoms with van der Waals surface area (Å²) in [6.07, 6.45) is 12.0. The molecule has 0 bridgehead atoms.